The topological polar surface area (TPSA) is 74.6 Å². The van der Waals surface area contributed by atoms with E-state index in [9.17, 15) is 14.4 Å². The number of carbonyl (C=O) groups excluding carboxylic acids is 3. The maximum Gasteiger partial charge on any atom is 0.246 e. The number of rotatable bonds is 5. The second-order valence-electron chi connectivity index (χ2n) is 9.70. The van der Waals surface area contributed by atoms with Gasteiger partial charge in [0, 0.05) is 52.8 Å². The molecule has 1 saturated heterocycles. The third kappa shape index (κ3) is 6.31. The molecule has 7 nitrogen and oxygen atoms in total. The second kappa shape index (κ2) is 12.0. The number of fused-ring (bicyclic) bond motifs is 2. The third-order valence-electron chi connectivity index (χ3n) is 6.71. The van der Waals surface area contributed by atoms with Crippen LogP contribution in [0.4, 0.5) is 0 Å². The first-order chi connectivity index (χ1) is 18.1. The van der Waals surface area contributed by atoms with Gasteiger partial charge in [-0.2, -0.15) is 0 Å². The highest BCUT2D eigenvalue weighted by atomic mass is 79.9. The van der Waals surface area contributed by atoms with E-state index in [4.69, 9.17) is 23.2 Å². The predicted octanol–water partition coefficient (Wildman–Crippen LogP) is 5.02. The van der Waals surface area contributed by atoms with E-state index in [0.29, 0.717) is 45.9 Å². The maximum absolute atomic E-state index is 12.3. The zero-order chi connectivity index (χ0) is 27.6. The number of nitrogens with zero attached hydrogens (tertiary/aromatic N) is 3. The van der Waals surface area contributed by atoms with E-state index in [0.717, 1.165) is 6.54 Å². The first kappa shape index (κ1) is 28.4. The van der Waals surface area contributed by atoms with Crippen LogP contribution in [0, 0.1) is 6.92 Å². The van der Waals surface area contributed by atoms with Crippen molar-refractivity contribution in [3.8, 4) is 0 Å². The molecule has 1 aromatic heterocycles. The number of likely N-dealkylation sites (tertiary alicyclic amines) is 1. The van der Waals surface area contributed by atoms with Crippen molar-refractivity contribution in [1.82, 2.24) is 19.7 Å². The van der Waals surface area contributed by atoms with Crippen molar-refractivity contribution >= 4 is 68.1 Å². The van der Waals surface area contributed by atoms with Gasteiger partial charge in [-0.15, -0.1) is 0 Å². The monoisotopic (exact) mass is 618 g/mol. The summed E-state index contributed by atoms with van der Waals surface area (Å²) in [6.07, 6.45) is 4.70. The molecule has 0 spiro atoms. The molecule has 38 heavy (non-hydrogen) atoms. The lowest BCUT2D eigenvalue weighted by Gasteiger charge is -2.38. The fraction of sp³-hybridized carbons (Fsp3) is 0.321. The minimum atomic E-state index is -0.226. The maximum atomic E-state index is 12.3. The Hall–Kier alpha value is -2.65. The largest absolute Gasteiger partial charge is 0.348 e. The van der Waals surface area contributed by atoms with Gasteiger partial charge >= 0.3 is 0 Å². The molecule has 0 unspecified atom stereocenters. The van der Waals surface area contributed by atoms with E-state index in [2.05, 4.69) is 58.8 Å². The number of aromatic nitrogens is 1. The van der Waals surface area contributed by atoms with Crippen molar-refractivity contribution in [2.24, 2.45) is 0 Å². The molecule has 3 heterocycles. The summed E-state index contributed by atoms with van der Waals surface area (Å²) in [6.45, 7) is 8.77. The number of carbonyl (C=O) groups is 3. The number of aryl methyl sites for hydroxylation is 1. The number of halogens is 3. The van der Waals surface area contributed by atoms with Gasteiger partial charge in [-0.25, -0.2) is 0 Å². The minimum absolute atomic E-state index is 0.0115. The molecule has 5 rings (SSSR count). The normalized spacial score (nSPS) is 15.2. The zero-order valence-electron chi connectivity index (χ0n) is 21.3. The molecule has 2 aliphatic rings. The van der Waals surface area contributed by atoms with E-state index in [1.54, 1.807) is 27.8 Å². The summed E-state index contributed by atoms with van der Waals surface area (Å²) >= 11 is 15.8. The van der Waals surface area contributed by atoms with Gasteiger partial charge in [0.15, 0.2) is 6.29 Å². The van der Waals surface area contributed by atoms with Crippen molar-refractivity contribution in [1.29, 1.82) is 0 Å². The molecule has 0 saturated carbocycles. The number of hydrogen-bond acceptors (Lipinski definition) is 4. The van der Waals surface area contributed by atoms with Crippen molar-refractivity contribution in [3.05, 3.63) is 79.9 Å². The lowest BCUT2D eigenvalue weighted by Crippen LogP contribution is -2.61. The van der Waals surface area contributed by atoms with Crippen LogP contribution in [-0.2, 0) is 29.1 Å². The van der Waals surface area contributed by atoms with E-state index in [1.807, 2.05) is 0 Å². The van der Waals surface area contributed by atoms with E-state index >= 15 is 0 Å². The van der Waals surface area contributed by atoms with Crippen molar-refractivity contribution < 1.29 is 14.4 Å². The average molecular weight is 620 g/mol. The van der Waals surface area contributed by atoms with Crippen LogP contribution in [0.25, 0.3) is 10.9 Å². The van der Waals surface area contributed by atoms with Gasteiger partial charge in [0.2, 0.25) is 11.8 Å². The molecule has 0 aliphatic carbocycles. The van der Waals surface area contributed by atoms with Crippen LogP contribution in [0.2, 0.25) is 10.0 Å². The summed E-state index contributed by atoms with van der Waals surface area (Å²) in [5, 5.41) is 4.25. The van der Waals surface area contributed by atoms with Gasteiger partial charge in [-0.05, 0) is 61.4 Å². The van der Waals surface area contributed by atoms with Gasteiger partial charge in [0.25, 0.3) is 0 Å². The van der Waals surface area contributed by atoms with Crippen LogP contribution in [-0.4, -0.2) is 65.2 Å². The molecule has 1 N–H and O–H groups in total. The molecular weight excluding hydrogens is 591 g/mol. The lowest BCUT2D eigenvalue weighted by molar-refractivity contribution is -0.133. The predicted molar refractivity (Wildman–Crippen MR) is 155 cm³/mol. The molecule has 0 bridgehead atoms. The van der Waals surface area contributed by atoms with Gasteiger partial charge in [-0.3, -0.25) is 14.4 Å². The summed E-state index contributed by atoms with van der Waals surface area (Å²) in [7, 11) is 2.18. The quantitative estimate of drug-likeness (QED) is 0.322. The standard InChI is InChI=1S/C17H15Cl2N3O3.C11H14BrN/c1-2-16(25)21-6-12(7-21)20-15(24)8-22-5-10(9-23)13-3-11(18)4-14(19)17(13)22;1-8-5-9-7-13(2)4-3-10(9)11(12)6-8/h2-5,9,12H,1,6-8H2,(H,20,24);5-6H,3-4,7H2,1-2H3. The number of amides is 2. The van der Waals surface area contributed by atoms with Crippen LogP contribution in [0.3, 0.4) is 0 Å². The molecule has 2 amide bonds. The van der Waals surface area contributed by atoms with Crippen LogP contribution < -0.4 is 5.32 Å². The van der Waals surface area contributed by atoms with Gasteiger partial charge in [0.05, 0.1) is 16.6 Å². The number of hydrogen-bond donors (Lipinski definition) is 1. The second-order valence-corrected chi connectivity index (χ2v) is 11.4. The molecule has 1 fully saturated rings. The summed E-state index contributed by atoms with van der Waals surface area (Å²) in [5.74, 6) is -0.378. The molecule has 0 atom stereocenters. The molecule has 200 valence electrons. The Kier molecular flexibility index (Phi) is 8.98. The molecule has 2 aromatic carbocycles. The summed E-state index contributed by atoms with van der Waals surface area (Å²) in [4.78, 5) is 38.9. The number of nitrogens with one attached hydrogen (secondary N) is 1. The Balaban J connectivity index is 0.000000216. The van der Waals surface area contributed by atoms with Crippen LogP contribution in [0.1, 0.15) is 27.0 Å². The first-order valence-corrected chi connectivity index (χ1v) is 13.7. The minimum Gasteiger partial charge on any atom is -0.348 e. The van der Waals surface area contributed by atoms with Crippen molar-refractivity contribution in [3.63, 3.8) is 0 Å². The molecule has 2 aliphatic heterocycles. The molecule has 10 heteroatoms. The SMILES string of the molecule is C=CC(=O)N1CC(NC(=O)Cn2cc(C=O)c3cc(Cl)cc(Cl)c32)C1.Cc1cc(Br)c2c(c1)CN(C)CC2. The Bertz CT molecular complexity index is 1420. The van der Waals surface area contributed by atoms with Gasteiger partial charge in [-0.1, -0.05) is 51.8 Å². The zero-order valence-corrected chi connectivity index (χ0v) is 24.4. The summed E-state index contributed by atoms with van der Waals surface area (Å²) in [6, 6.07) is 7.64. The molecule has 0 radical (unpaired) electrons. The van der Waals surface area contributed by atoms with E-state index in [1.165, 1.54) is 40.2 Å². The van der Waals surface area contributed by atoms with Crippen LogP contribution >= 0.6 is 39.1 Å². The number of benzene rings is 2. The van der Waals surface area contributed by atoms with Crippen LogP contribution in [0.15, 0.2) is 47.6 Å². The third-order valence-corrected chi connectivity index (χ3v) is 7.93. The summed E-state index contributed by atoms with van der Waals surface area (Å²) in [5.41, 5.74) is 5.34. The van der Waals surface area contributed by atoms with E-state index < -0.39 is 0 Å². The number of aldehydes is 1. The molecular formula is C28H29BrCl2N4O3. The Morgan fingerprint density at radius 3 is 2.63 bits per heavy atom. The number of likely N-dealkylation sites (N-methyl/N-ethyl adjacent to an activating group) is 1. The highest BCUT2D eigenvalue weighted by Crippen LogP contribution is 2.31. The van der Waals surface area contributed by atoms with Crippen molar-refractivity contribution in [2.75, 3.05) is 26.7 Å². The van der Waals surface area contributed by atoms with E-state index in [-0.39, 0.29) is 24.4 Å². The Labute approximate surface area is 240 Å². The van der Waals surface area contributed by atoms with Crippen molar-refractivity contribution in [2.45, 2.75) is 32.5 Å². The Morgan fingerprint density at radius 2 is 1.95 bits per heavy atom. The lowest BCUT2D eigenvalue weighted by atomic mass is 9.98. The highest BCUT2D eigenvalue weighted by molar-refractivity contribution is 9.10. The van der Waals surface area contributed by atoms with Gasteiger partial charge in [0.1, 0.15) is 6.54 Å². The highest BCUT2D eigenvalue weighted by Gasteiger charge is 2.30. The summed E-state index contributed by atoms with van der Waals surface area (Å²) < 4.78 is 2.91. The fourth-order valence-corrected chi connectivity index (χ4v) is 6.26. The Morgan fingerprint density at radius 1 is 1.21 bits per heavy atom. The average Bonchev–Trinajstić information content (AvgIpc) is 3.17. The molecule has 3 aromatic rings. The fourth-order valence-electron chi connectivity index (χ4n) is 4.84. The van der Waals surface area contributed by atoms with Crippen LogP contribution in [0.5, 0.6) is 0 Å². The first-order valence-electron chi connectivity index (χ1n) is 12.2. The smallest absolute Gasteiger partial charge is 0.246 e. The van der Waals surface area contributed by atoms with Gasteiger partial charge < -0.3 is 19.7 Å².